The molecule has 0 aromatic heterocycles. The highest BCUT2D eigenvalue weighted by Crippen LogP contribution is 2.31. The summed E-state index contributed by atoms with van der Waals surface area (Å²) in [5, 5.41) is 10.2. The first-order valence-corrected chi connectivity index (χ1v) is 8.29. The maximum absolute atomic E-state index is 12.4. The van der Waals surface area contributed by atoms with Crippen molar-refractivity contribution in [3.05, 3.63) is 65.2 Å². The van der Waals surface area contributed by atoms with E-state index in [-0.39, 0.29) is 4.90 Å². The van der Waals surface area contributed by atoms with Crippen LogP contribution in [0.3, 0.4) is 0 Å². The molecule has 0 saturated heterocycles. The van der Waals surface area contributed by atoms with Crippen LogP contribution in [0.5, 0.6) is 0 Å². The minimum absolute atomic E-state index is 0.0639. The number of aliphatic hydroxyl groups excluding tert-OH is 1. The number of fused-ring (bicyclic) bond motifs is 1. The normalized spacial score (nSPS) is 20.9. The first-order valence-electron chi connectivity index (χ1n) is 6.80. The van der Waals surface area contributed by atoms with Gasteiger partial charge in [-0.25, -0.2) is 8.42 Å². The van der Waals surface area contributed by atoms with Gasteiger partial charge in [0.2, 0.25) is 10.0 Å². The number of sulfonamides is 1. The molecule has 0 aliphatic heterocycles. The number of carbonyl (C=O) groups is 1. The SMILES string of the molecule is Cc1ccc(S(=O)(=O)N[C@H]2C(=O)c3ccccc3[C@H]2O)cc1. The average molecular weight is 317 g/mol. The number of Topliss-reactive ketones (excluding diaryl/α,β-unsaturated/α-hetero) is 1. The van der Waals surface area contributed by atoms with Crippen LogP contribution in [0.25, 0.3) is 0 Å². The zero-order chi connectivity index (χ0) is 15.9. The number of hydrogen-bond acceptors (Lipinski definition) is 4. The zero-order valence-electron chi connectivity index (χ0n) is 11.9. The van der Waals surface area contributed by atoms with Crippen molar-refractivity contribution < 1.29 is 18.3 Å². The molecule has 0 spiro atoms. The van der Waals surface area contributed by atoms with Crippen LogP contribution < -0.4 is 4.72 Å². The Bertz CT molecular complexity index is 827. The van der Waals surface area contributed by atoms with Crippen LogP contribution in [0.15, 0.2) is 53.4 Å². The van der Waals surface area contributed by atoms with Crippen molar-refractivity contribution in [2.75, 3.05) is 0 Å². The highest BCUT2D eigenvalue weighted by Gasteiger charge is 2.40. The predicted octanol–water partition coefficient (Wildman–Crippen LogP) is 1.57. The average Bonchev–Trinajstić information content (AvgIpc) is 2.73. The maximum atomic E-state index is 12.4. The van der Waals surface area contributed by atoms with Crippen molar-refractivity contribution in [3.63, 3.8) is 0 Å². The molecule has 6 heteroatoms. The molecule has 1 aliphatic carbocycles. The van der Waals surface area contributed by atoms with Crippen LogP contribution in [0, 0.1) is 6.92 Å². The molecule has 2 aromatic carbocycles. The number of aliphatic hydroxyl groups is 1. The summed E-state index contributed by atoms with van der Waals surface area (Å²) in [6, 6.07) is 11.7. The molecule has 0 radical (unpaired) electrons. The lowest BCUT2D eigenvalue weighted by molar-refractivity contribution is 0.0858. The Morgan fingerprint density at radius 1 is 1.05 bits per heavy atom. The Morgan fingerprint density at radius 3 is 2.32 bits per heavy atom. The molecule has 22 heavy (non-hydrogen) atoms. The highest BCUT2D eigenvalue weighted by molar-refractivity contribution is 7.89. The number of ketones is 1. The standard InChI is InChI=1S/C16H15NO4S/c1-10-6-8-11(9-7-10)22(20,21)17-14-15(18)12-4-2-3-5-13(12)16(14)19/h2-9,14-15,17-18H,1H3/t14-,15-/m1/s1. The molecular formula is C16H15NO4S. The quantitative estimate of drug-likeness (QED) is 0.900. The van der Waals surface area contributed by atoms with Gasteiger partial charge < -0.3 is 5.11 Å². The minimum atomic E-state index is -3.87. The number of nitrogens with one attached hydrogen (secondary N) is 1. The van der Waals surface area contributed by atoms with Crippen molar-refractivity contribution in [2.45, 2.75) is 24.0 Å². The molecule has 0 bridgehead atoms. The van der Waals surface area contributed by atoms with E-state index in [9.17, 15) is 18.3 Å². The summed E-state index contributed by atoms with van der Waals surface area (Å²) >= 11 is 0. The van der Waals surface area contributed by atoms with Crippen molar-refractivity contribution in [2.24, 2.45) is 0 Å². The lowest BCUT2D eigenvalue weighted by Crippen LogP contribution is -2.41. The van der Waals surface area contributed by atoms with Gasteiger partial charge in [0.05, 0.1) is 4.90 Å². The molecule has 3 rings (SSSR count). The van der Waals surface area contributed by atoms with E-state index in [1.165, 1.54) is 12.1 Å². The van der Waals surface area contributed by atoms with Gasteiger partial charge >= 0.3 is 0 Å². The molecule has 0 saturated carbocycles. The van der Waals surface area contributed by atoms with E-state index in [0.717, 1.165) is 5.56 Å². The summed E-state index contributed by atoms with van der Waals surface area (Å²) in [6.07, 6.45) is -1.18. The van der Waals surface area contributed by atoms with Crippen LogP contribution in [0.2, 0.25) is 0 Å². The van der Waals surface area contributed by atoms with Crippen molar-refractivity contribution >= 4 is 15.8 Å². The number of rotatable bonds is 3. The molecule has 0 amide bonds. The first kappa shape index (κ1) is 14.9. The van der Waals surface area contributed by atoms with E-state index in [2.05, 4.69) is 4.72 Å². The summed E-state index contributed by atoms with van der Waals surface area (Å²) in [7, 11) is -3.87. The number of benzene rings is 2. The zero-order valence-corrected chi connectivity index (χ0v) is 12.7. The second kappa shape index (κ2) is 5.31. The van der Waals surface area contributed by atoms with Crippen molar-refractivity contribution in [1.29, 1.82) is 0 Å². The molecule has 5 nitrogen and oxygen atoms in total. The Labute approximate surface area is 128 Å². The maximum Gasteiger partial charge on any atom is 0.241 e. The van der Waals surface area contributed by atoms with E-state index >= 15 is 0 Å². The predicted molar refractivity (Wildman–Crippen MR) is 81.0 cm³/mol. The smallest absolute Gasteiger partial charge is 0.241 e. The summed E-state index contributed by atoms with van der Waals surface area (Å²) in [6.45, 7) is 1.85. The fraction of sp³-hybridized carbons (Fsp3) is 0.188. The Hall–Kier alpha value is -2.02. The highest BCUT2D eigenvalue weighted by atomic mass is 32.2. The third kappa shape index (κ3) is 2.45. The van der Waals surface area contributed by atoms with Crippen molar-refractivity contribution in [3.8, 4) is 0 Å². The number of carbonyl (C=O) groups excluding carboxylic acids is 1. The van der Waals surface area contributed by atoms with E-state index in [4.69, 9.17) is 0 Å². The third-order valence-corrected chi connectivity index (χ3v) is 5.21. The fourth-order valence-electron chi connectivity index (χ4n) is 2.54. The fourth-order valence-corrected chi connectivity index (χ4v) is 3.74. The molecular weight excluding hydrogens is 302 g/mol. The van der Waals surface area contributed by atoms with Crippen LogP contribution >= 0.6 is 0 Å². The molecule has 0 fully saturated rings. The minimum Gasteiger partial charge on any atom is -0.386 e. The molecule has 2 atom stereocenters. The van der Waals surface area contributed by atoms with Crippen LogP contribution in [-0.2, 0) is 10.0 Å². The second-order valence-corrected chi connectivity index (χ2v) is 7.02. The van der Waals surface area contributed by atoms with Gasteiger partial charge in [0.25, 0.3) is 0 Å². The van der Waals surface area contributed by atoms with Gasteiger partial charge in [-0.2, -0.15) is 4.72 Å². The van der Waals surface area contributed by atoms with Gasteiger partial charge in [-0.05, 0) is 24.6 Å². The molecule has 2 N–H and O–H groups in total. The summed E-state index contributed by atoms with van der Waals surface area (Å²) in [4.78, 5) is 12.3. The molecule has 114 valence electrons. The second-order valence-electron chi connectivity index (χ2n) is 5.31. The van der Waals surface area contributed by atoms with Crippen LogP contribution in [0.4, 0.5) is 0 Å². The molecule has 0 heterocycles. The Balaban J connectivity index is 1.91. The van der Waals surface area contributed by atoms with Crippen LogP contribution in [-0.4, -0.2) is 25.3 Å². The largest absolute Gasteiger partial charge is 0.386 e. The molecule has 2 aromatic rings. The molecule has 0 unspecified atom stereocenters. The Morgan fingerprint density at radius 2 is 1.68 bits per heavy atom. The number of aryl methyl sites for hydroxylation is 1. The third-order valence-electron chi connectivity index (χ3n) is 3.76. The summed E-state index contributed by atoms with van der Waals surface area (Å²) in [5.41, 5.74) is 1.74. The first-order chi connectivity index (χ1) is 10.4. The van der Waals surface area contributed by atoms with Gasteiger partial charge in [0.15, 0.2) is 5.78 Å². The van der Waals surface area contributed by atoms with Crippen molar-refractivity contribution in [1.82, 2.24) is 4.72 Å². The van der Waals surface area contributed by atoms with E-state index in [1.807, 2.05) is 6.92 Å². The van der Waals surface area contributed by atoms with E-state index < -0.39 is 28.0 Å². The number of hydrogen-bond donors (Lipinski definition) is 2. The topological polar surface area (TPSA) is 83.5 Å². The monoisotopic (exact) mass is 317 g/mol. The summed E-state index contributed by atoms with van der Waals surface area (Å²) in [5.74, 6) is -0.418. The Kier molecular flexibility index (Phi) is 3.60. The van der Waals surface area contributed by atoms with Gasteiger partial charge in [-0.3, -0.25) is 4.79 Å². The van der Waals surface area contributed by atoms with Gasteiger partial charge in [0.1, 0.15) is 12.1 Å². The van der Waals surface area contributed by atoms with Crippen LogP contribution in [0.1, 0.15) is 27.6 Å². The van der Waals surface area contributed by atoms with Gasteiger partial charge in [0, 0.05) is 5.56 Å². The van der Waals surface area contributed by atoms with E-state index in [0.29, 0.717) is 11.1 Å². The van der Waals surface area contributed by atoms with Gasteiger partial charge in [-0.15, -0.1) is 0 Å². The van der Waals surface area contributed by atoms with Gasteiger partial charge in [-0.1, -0.05) is 42.0 Å². The lowest BCUT2D eigenvalue weighted by atomic mass is 10.1. The summed E-state index contributed by atoms with van der Waals surface area (Å²) < 4.78 is 27.0. The molecule has 1 aliphatic rings. The lowest BCUT2D eigenvalue weighted by Gasteiger charge is -2.16. The van der Waals surface area contributed by atoms with E-state index in [1.54, 1.807) is 36.4 Å².